The van der Waals surface area contributed by atoms with Crippen LogP contribution in [0.5, 0.6) is 0 Å². The van der Waals surface area contributed by atoms with Gasteiger partial charge in [0.2, 0.25) is 0 Å². The number of hydrogen-bond donors (Lipinski definition) is 3. The maximum Gasteiger partial charge on any atom is 0.410 e. The first kappa shape index (κ1) is 13.6. The maximum atomic E-state index is 11.5. The minimum atomic E-state index is -0.904. The van der Waals surface area contributed by atoms with Crippen molar-refractivity contribution >= 4 is 6.09 Å². The molecule has 0 aromatic carbocycles. The third kappa shape index (κ3) is 2.46. The van der Waals surface area contributed by atoms with Gasteiger partial charge in [-0.15, -0.1) is 0 Å². The van der Waals surface area contributed by atoms with Gasteiger partial charge >= 0.3 is 6.09 Å². The van der Waals surface area contributed by atoms with Crippen LogP contribution in [-0.2, 0) is 4.74 Å². The number of rotatable bonds is 6. The summed E-state index contributed by atoms with van der Waals surface area (Å²) in [6.45, 7) is 0.364. The lowest BCUT2D eigenvalue weighted by atomic mass is 10.0. The van der Waals surface area contributed by atoms with E-state index < -0.39 is 24.3 Å². The Bertz CT molecular complexity index is 298. The van der Waals surface area contributed by atoms with Gasteiger partial charge in [0.25, 0.3) is 0 Å². The summed E-state index contributed by atoms with van der Waals surface area (Å²) in [6.07, 6.45) is 1.99. The molecule has 2 saturated heterocycles. The molecular formula is C12H21NO5. The first-order valence-electron chi connectivity index (χ1n) is 6.59. The zero-order valence-electron chi connectivity index (χ0n) is 10.4. The van der Waals surface area contributed by atoms with Crippen molar-refractivity contribution in [1.82, 2.24) is 4.90 Å². The van der Waals surface area contributed by atoms with E-state index in [9.17, 15) is 15.0 Å². The van der Waals surface area contributed by atoms with Gasteiger partial charge in [-0.25, -0.2) is 4.79 Å². The minimum absolute atomic E-state index is 0.165. The fourth-order valence-corrected chi connectivity index (χ4v) is 2.84. The molecule has 1 unspecified atom stereocenters. The number of carbonyl (C=O) groups excluding carboxylic acids is 1. The van der Waals surface area contributed by atoms with Crippen molar-refractivity contribution in [1.29, 1.82) is 0 Å². The lowest BCUT2D eigenvalue weighted by Crippen LogP contribution is -2.38. The van der Waals surface area contributed by atoms with E-state index in [-0.39, 0.29) is 19.3 Å². The monoisotopic (exact) mass is 259 g/mol. The van der Waals surface area contributed by atoms with E-state index in [1.807, 2.05) is 0 Å². The molecule has 2 aliphatic heterocycles. The predicted molar refractivity (Wildman–Crippen MR) is 62.9 cm³/mol. The van der Waals surface area contributed by atoms with Gasteiger partial charge in [0.15, 0.2) is 0 Å². The summed E-state index contributed by atoms with van der Waals surface area (Å²) in [5, 5.41) is 28.5. The molecule has 104 valence electrons. The molecule has 0 radical (unpaired) electrons. The van der Waals surface area contributed by atoms with E-state index in [4.69, 9.17) is 9.84 Å². The van der Waals surface area contributed by atoms with Crippen LogP contribution in [0, 0.1) is 0 Å². The molecule has 2 aliphatic rings. The van der Waals surface area contributed by atoms with Gasteiger partial charge < -0.3 is 20.1 Å². The quantitative estimate of drug-likeness (QED) is 0.577. The third-order valence-corrected chi connectivity index (χ3v) is 3.85. The molecule has 2 rings (SSSR count). The van der Waals surface area contributed by atoms with Gasteiger partial charge in [0, 0.05) is 6.61 Å². The summed E-state index contributed by atoms with van der Waals surface area (Å²) in [5.74, 6) is 0. The van der Waals surface area contributed by atoms with E-state index >= 15 is 0 Å². The molecule has 4 atom stereocenters. The normalized spacial score (nSPS) is 34.8. The number of unbranched alkanes of at least 4 members (excludes halogenated alkanes) is 3. The summed E-state index contributed by atoms with van der Waals surface area (Å²) >= 11 is 0. The molecule has 0 aliphatic carbocycles. The van der Waals surface area contributed by atoms with Gasteiger partial charge in [0.1, 0.15) is 18.8 Å². The standard InChI is InChI=1S/C12H21NO5/c14-6-4-2-1-3-5-8-10(15)11(16)9-7-18-12(17)13(8)9/h8-11,14-16H,1-7H2/t8?,9-,10-,11-/m0/s1. The van der Waals surface area contributed by atoms with Gasteiger partial charge in [0.05, 0.1) is 12.1 Å². The van der Waals surface area contributed by atoms with Crippen LogP contribution >= 0.6 is 0 Å². The van der Waals surface area contributed by atoms with Crippen molar-refractivity contribution in [2.75, 3.05) is 13.2 Å². The van der Waals surface area contributed by atoms with Crippen molar-refractivity contribution in [3.05, 3.63) is 0 Å². The van der Waals surface area contributed by atoms with E-state index in [0.29, 0.717) is 6.42 Å². The number of nitrogens with zero attached hydrogens (tertiary/aromatic N) is 1. The molecule has 0 aromatic rings. The number of amides is 1. The second-order valence-corrected chi connectivity index (χ2v) is 5.03. The van der Waals surface area contributed by atoms with Gasteiger partial charge in [-0.2, -0.15) is 0 Å². The average molecular weight is 259 g/mol. The summed E-state index contributed by atoms with van der Waals surface area (Å²) in [4.78, 5) is 13.0. The Hall–Kier alpha value is -0.850. The van der Waals surface area contributed by atoms with Crippen LogP contribution in [-0.4, -0.2) is 63.8 Å². The van der Waals surface area contributed by atoms with Crippen LogP contribution in [0.1, 0.15) is 32.1 Å². The lowest BCUT2D eigenvalue weighted by Gasteiger charge is -2.22. The second-order valence-electron chi connectivity index (χ2n) is 5.03. The van der Waals surface area contributed by atoms with Crippen molar-refractivity contribution in [3.63, 3.8) is 0 Å². The first-order chi connectivity index (χ1) is 8.66. The van der Waals surface area contributed by atoms with Crippen LogP contribution in [0.3, 0.4) is 0 Å². The van der Waals surface area contributed by atoms with E-state index in [0.717, 1.165) is 25.7 Å². The lowest BCUT2D eigenvalue weighted by molar-refractivity contribution is 0.0168. The Labute approximate surface area is 106 Å². The molecule has 0 aromatic heterocycles. The van der Waals surface area contributed by atoms with Gasteiger partial charge in [-0.1, -0.05) is 19.3 Å². The molecular weight excluding hydrogens is 238 g/mol. The first-order valence-corrected chi connectivity index (χ1v) is 6.59. The summed E-state index contributed by atoms with van der Waals surface area (Å²) in [5.41, 5.74) is 0. The molecule has 1 amide bonds. The van der Waals surface area contributed by atoms with Crippen LogP contribution in [0.15, 0.2) is 0 Å². The summed E-state index contributed by atoms with van der Waals surface area (Å²) in [6, 6.07) is -0.732. The molecule has 2 fully saturated rings. The van der Waals surface area contributed by atoms with Crippen molar-refractivity contribution in [2.24, 2.45) is 0 Å². The number of ether oxygens (including phenoxy) is 1. The number of hydrogen-bond acceptors (Lipinski definition) is 5. The average Bonchev–Trinajstić information content (AvgIpc) is 2.84. The predicted octanol–water partition coefficient (Wildman–Crippen LogP) is -0.146. The Kier molecular flexibility index (Phi) is 4.42. The molecule has 3 N–H and O–H groups in total. The molecule has 6 heteroatoms. The highest BCUT2D eigenvalue weighted by atomic mass is 16.6. The fraction of sp³-hybridized carbons (Fsp3) is 0.917. The van der Waals surface area contributed by atoms with Crippen LogP contribution in [0.4, 0.5) is 4.79 Å². The summed E-state index contributed by atoms with van der Waals surface area (Å²) in [7, 11) is 0. The molecule has 18 heavy (non-hydrogen) atoms. The van der Waals surface area contributed by atoms with Gasteiger partial charge in [-0.3, -0.25) is 4.90 Å². The second kappa shape index (κ2) is 5.86. The minimum Gasteiger partial charge on any atom is -0.447 e. The number of fused-ring (bicyclic) bond motifs is 1. The van der Waals surface area contributed by atoms with E-state index in [2.05, 4.69) is 0 Å². The Morgan fingerprint density at radius 1 is 1.17 bits per heavy atom. The highest BCUT2D eigenvalue weighted by molar-refractivity contribution is 5.71. The van der Waals surface area contributed by atoms with E-state index in [1.165, 1.54) is 4.90 Å². The number of aliphatic hydroxyl groups excluding tert-OH is 3. The topological polar surface area (TPSA) is 90.2 Å². The molecule has 0 bridgehead atoms. The molecule has 6 nitrogen and oxygen atoms in total. The third-order valence-electron chi connectivity index (χ3n) is 3.85. The summed E-state index contributed by atoms with van der Waals surface area (Å²) < 4.78 is 4.90. The zero-order valence-corrected chi connectivity index (χ0v) is 10.4. The Morgan fingerprint density at radius 2 is 1.89 bits per heavy atom. The highest BCUT2D eigenvalue weighted by Gasteiger charge is 2.53. The Morgan fingerprint density at radius 3 is 2.61 bits per heavy atom. The smallest absolute Gasteiger partial charge is 0.410 e. The van der Waals surface area contributed by atoms with Crippen LogP contribution < -0.4 is 0 Å². The number of aliphatic hydroxyl groups is 3. The van der Waals surface area contributed by atoms with Gasteiger partial charge in [-0.05, 0) is 12.8 Å². The molecule has 2 heterocycles. The highest BCUT2D eigenvalue weighted by Crippen LogP contribution is 2.33. The van der Waals surface area contributed by atoms with Crippen molar-refractivity contribution in [3.8, 4) is 0 Å². The SMILES string of the molecule is O=C1OC[C@H]2[C@H](O)[C@@H](O)C(CCCCCCO)N12. The molecule has 0 spiro atoms. The fourth-order valence-electron chi connectivity index (χ4n) is 2.84. The zero-order chi connectivity index (χ0) is 13.1. The number of carbonyl (C=O) groups is 1. The largest absolute Gasteiger partial charge is 0.447 e. The number of cyclic esters (lactones) is 1. The van der Waals surface area contributed by atoms with E-state index in [1.54, 1.807) is 0 Å². The maximum absolute atomic E-state index is 11.5. The Balaban J connectivity index is 1.84. The van der Waals surface area contributed by atoms with Crippen molar-refractivity contribution in [2.45, 2.75) is 56.4 Å². The van der Waals surface area contributed by atoms with Crippen LogP contribution in [0.2, 0.25) is 0 Å². The molecule has 0 saturated carbocycles. The van der Waals surface area contributed by atoms with Crippen LogP contribution in [0.25, 0.3) is 0 Å². The van der Waals surface area contributed by atoms with Crippen molar-refractivity contribution < 1.29 is 24.9 Å².